The number of aryl methyl sites for hydroxylation is 1. The summed E-state index contributed by atoms with van der Waals surface area (Å²) in [5, 5.41) is -1.12. The lowest BCUT2D eigenvalue weighted by atomic mass is 10.2. The molecule has 0 saturated carbocycles. The lowest BCUT2D eigenvalue weighted by Gasteiger charge is -2.17. The van der Waals surface area contributed by atoms with E-state index in [1.165, 1.54) is 0 Å². The van der Waals surface area contributed by atoms with Gasteiger partial charge in [-0.3, -0.25) is 0 Å². The molecule has 1 aromatic rings. The third-order valence-corrected chi connectivity index (χ3v) is 4.56. The van der Waals surface area contributed by atoms with Crippen molar-refractivity contribution in [3.05, 3.63) is 23.8 Å². The van der Waals surface area contributed by atoms with E-state index < -0.39 is 19.4 Å². The summed E-state index contributed by atoms with van der Waals surface area (Å²) in [5.74, 6) is 1.42. The molecule has 0 heterocycles. The standard InChI is InChI=1S/C16H25Cl2O5P/c1-3-4-5-6-21-13-7-12(2)8-14(9-13)22-10-15(17)16(18)11-23-24(19)20/h7-9,15-16,19-20H,3-6,10-11H2,1-2H3. The van der Waals surface area contributed by atoms with E-state index in [9.17, 15) is 0 Å². The minimum Gasteiger partial charge on any atom is -0.493 e. The maximum absolute atomic E-state index is 8.71. The second-order valence-corrected chi connectivity index (χ2v) is 7.31. The van der Waals surface area contributed by atoms with Gasteiger partial charge in [0.2, 0.25) is 0 Å². The topological polar surface area (TPSA) is 68.2 Å². The molecule has 8 heteroatoms. The van der Waals surface area contributed by atoms with Crippen LogP contribution in [0.5, 0.6) is 11.5 Å². The first kappa shape index (κ1) is 21.8. The second-order valence-electron chi connectivity index (χ2n) is 5.43. The highest BCUT2D eigenvalue weighted by atomic mass is 35.5. The highest BCUT2D eigenvalue weighted by molar-refractivity contribution is 7.39. The smallest absolute Gasteiger partial charge is 0.327 e. The molecule has 0 fully saturated rings. The maximum Gasteiger partial charge on any atom is 0.327 e. The van der Waals surface area contributed by atoms with Gasteiger partial charge in [0.15, 0.2) is 0 Å². The molecular weight excluding hydrogens is 374 g/mol. The van der Waals surface area contributed by atoms with Crippen LogP contribution in [0.4, 0.5) is 0 Å². The predicted molar refractivity (Wildman–Crippen MR) is 98.3 cm³/mol. The van der Waals surface area contributed by atoms with E-state index in [-0.39, 0.29) is 13.2 Å². The van der Waals surface area contributed by atoms with Gasteiger partial charge in [-0.25, -0.2) is 0 Å². The van der Waals surface area contributed by atoms with E-state index in [4.69, 9.17) is 42.5 Å². The summed E-state index contributed by atoms with van der Waals surface area (Å²) in [5.41, 5.74) is 1.03. The summed E-state index contributed by atoms with van der Waals surface area (Å²) in [7, 11) is -2.43. The fraction of sp³-hybridized carbons (Fsp3) is 0.625. The lowest BCUT2D eigenvalue weighted by molar-refractivity contribution is 0.238. The Hall–Kier alpha value is -0.290. The van der Waals surface area contributed by atoms with Gasteiger partial charge >= 0.3 is 8.60 Å². The molecule has 0 aliphatic heterocycles. The fourth-order valence-electron chi connectivity index (χ4n) is 1.95. The predicted octanol–water partition coefficient (Wildman–Crippen LogP) is 4.39. The molecule has 0 bridgehead atoms. The van der Waals surface area contributed by atoms with Crippen LogP contribution in [0, 0.1) is 6.92 Å². The zero-order valence-electron chi connectivity index (χ0n) is 14.0. The number of ether oxygens (including phenoxy) is 2. The lowest BCUT2D eigenvalue weighted by Crippen LogP contribution is -2.26. The Morgan fingerprint density at radius 3 is 2.25 bits per heavy atom. The Balaban J connectivity index is 2.47. The minimum atomic E-state index is -2.43. The number of alkyl halides is 2. The highest BCUT2D eigenvalue weighted by Crippen LogP contribution is 2.27. The van der Waals surface area contributed by atoms with E-state index in [1.54, 1.807) is 0 Å². The SMILES string of the molecule is CCCCCOc1cc(C)cc(OCC(Cl)C(Cl)COP(O)O)c1. The largest absolute Gasteiger partial charge is 0.493 e. The summed E-state index contributed by atoms with van der Waals surface area (Å²) >= 11 is 12.2. The van der Waals surface area contributed by atoms with Crippen LogP contribution in [0.25, 0.3) is 0 Å². The number of hydrogen-bond donors (Lipinski definition) is 2. The van der Waals surface area contributed by atoms with E-state index in [0.29, 0.717) is 12.4 Å². The number of rotatable bonds is 12. The van der Waals surface area contributed by atoms with Gasteiger partial charge in [-0.1, -0.05) is 19.8 Å². The van der Waals surface area contributed by atoms with E-state index in [2.05, 4.69) is 11.4 Å². The Kier molecular flexibility index (Phi) is 11.0. The average molecular weight is 399 g/mol. The molecule has 0 aliphatic rings. The van der Waals surface area contributed by atoms with Crippen LogP contribution in [0.3, 0.4) is 0 Å². The van der Waals surface area contributed by atoms with Crippen molar-refractivity contribution in [3.63, 3.8) is 0 Å². The first-order valence-electron chi connectivity index (χ1n) is 7.88. The molecule has 138 valence electrons. The number of unbranched alkanes of at least 4 members (excludes halogenated alkanes) is 2. The van der Waals surface area contributed by atoms with Gasteiger partial charge in [-0.2, -0.15) is 0 Å². The number of halogens is 2. The number of benzene rings is 1. The van der Waals surface area contributed by atoms with Crippen LogP contribution in [0.1, 0.15) is 31.7 Å². The summed E-state index contributed by atoms with van der Waals surface area (Å²) in [6, 6.07) is 5.67. The Bertz CT molecular complexity index is 476. The first-order chi connectivity index (χ1) is 11.4. The van der Waals surface area contributed by atoms with Gasteiger partial charge in [-0.05, 0) is 31.0 Å². The van der Waals surface area contributed by atoms with Gasteiger partial charge in [-0.15, -0.1) is 23.2 Å². The zero-order valence-corrected chi connectivity index (χ0v) is 16.4. The van der Waals surface area contributed by atoms with Crippen molar-refractivity contribution in [2.24, 2.45) is 0 Å². The van der Waals surface area contributed by atoms with Crippen LogP contribution in [-0.4, -0.2) is 40.4 Å². The molecule has 2 atom stereocenters. The van der Waals surface area contributed by atoms with Crippen molar-refractivity contribution in [2.75, 3.05) is 19.8 Å². The van der Waals surface area contributed by atoms with Crippen LogP contribution in [-0.2, 0) is 4.52 Å². The molecule has 5 nitrogen and oxygen atoms in total. The molecule has 2 N–H and O–H groups in total. The molecular formula is C16H25Cl2O5P. The highest BCUT2D eigenvalue weighted by Gasteiger charge is 2.19. The van der Waals surface area contributed by atoms with Gasteiger partial charge in [0.1, 0.15) is 18.1 Å². The van der Waals surface area contributed by atoms with Crippen molar-refractivity contribution in [1.82, 2.24) is 0 Å². The van der Waals surface area contributed by atoms with Gasteiger partial charge < -0.3 is 23.8 Å². The van der Waals surface area contributed by atoms with Crippen LogP contribution in [0.2, 0.25) is 0 Å². The molecule has 0 spiro atoms. The molecule has 2 unspecified atom stereocenters. The van der Waals surface area contributed by atoms with Crippen LogP contribution >= 0.6 is 31.8 Å². The zero-order chi connectivity index (χ0) is 17.9. The molecule has 0 saturated heterocycles. The third kappa shape index (κ3) is 9.26. The monoisotopic (exact) mass is 398 g/mol. The minimum absolute atomic E-state index is 0.0581. The Morgan fingerprint density at radius 1 is 1.00 bits per heavy atom. The van der Waals surface area contributed by atoms with E-state index >= 15 is 0 Å². The number of hydrogen-bond acceptors (Lipinski definition) is 5. The van der Waals surface area contributed by atoms with Crippen LogP contribution < -0.4 is 9.47 Å². The average Bonchev–Trinajstić information content (AvgIpc) is 2.54. The third-order valence-electron chi connectivity index (χ3n) is 3.19. The summed E-state index contributed by atoms with van der Waals surface area (Å²) < 4.78 is 16.1. The fourth-order valence-corrected chi connectivity index (χ4v) is 2.60. The van der Waals surface area contributed by atoms with Crippen molar-refractivity contribution in [2.45, 2.75) is 43.9 Å². The molecule has 0 amide bonds. The molecule has 1 aromatic carbocycles. The van der Waals surface area contributed by atoms with Gasteiger partial charge in [0, 0.05) is 6.07 Å². The van der Waals surface area contributed by atoms with Crippen molar-refractivity contribution in [1.29, 1.82) is 0 Å². The summed E-state index contributed by atoms with van der Waals surface area (Å²) in [6.07, 6.45) is 3.32. The normalized spacial score (nSPS) is 13.8. The quantitative estimate of drug-likeness (QED) is 0.310. The summed E-state index contributed by atoms with van der Waals surface area (Å²) in [6.45, 7) is 4.91. The molecule has 0 aromatic heterocycles. The molecule has 24 heavy (non-hydrogen) atoms. The van der Waals surface area contributed by atoms with E-state index in [1.807, 2.05) is 25.1 Å². The second kappa shape index (κ2) is 12.1. The summed E-state index contributed by atoms with van der Waals surface area (Å²) in [4.78, 5) is 17.4. The van der Waals surface area contributed by atoms with Crippen molar-refractivity contribution in [3.8, 4) is 11.5 Å². The first-order valence-corrected chi connectivity index (χ1v) is 9.92. The molecule has 0 aliphatic carbocycles. The van der Waals surface area contributed by atoms with Crippen molar-refractivity contribution < 1.29 is 23.8 Å². The van der Waals surface area contributed by atoms with Gasteiger partial charge in [0.25, 0.3) is 0 Å². The van der Waals surface area contributed by atoms with E-state index in [0.717, 1.165) is 30.6 Å². The molecule has 1 rings (SSSR count). The molecule has 0 radical (unpaired) electrons. The van der Waals surface area contributed by atoms with Crippen molar-refractivity contribution >= 4 is 31.8 Å². The van der Waals surface area contributed by atoms with Crippen LogP contribution in [0.15, 0.2) is 18.2 Å². The Labute approximate surface area is 154 Å². The van der Waals surface area contributed by atoms with Gasteiger partial charge in [0.05, 0.1) is 24.0 Å². The Morgan fingerprint density at radius 2 is 1.62 bits per heavy atom. The maximum atomic E-state index is 8.71.